The lowest BCUT2D eigenvalue weighted by Crippen LogP contribution is -2.26. The number of hydrogen-bond donors (Lipinski definition) is 1. The SMILES string of the molecule is NS(=O)(=O)c1cc(C(=O)OC2CCOCC2)c(Cl)cc1F. The second-order valence-corrected chi connectivity index (χ2v) is 6.46. The average Bonchev–Trinajstić information content (AvgIpc) is 2.38. The number of carbonyl (C=O) groups is 1. The second-order valence-electron chi connectivity index (χ2n) is 4.52. The third-order valence-corrected chi connectivity index (χ3v) is 4.23. The van der Waals surface area contributed by atoms with Crippen LogP contribution in [0.3, 0.4) is 0 Å². The molecule has 21 heavy (non-hydrogen) atoms. The Morgan fingerprint density at radius 2 is 2.00 bits per heavy atom. The predicted octanol–water partition coefficient (Wildman–Crippen LogP) is 1.46. The topological polar surface area (TPSA) is 95.7 Å². The Hall–Kier alpha value is -1.22. The van der Waals surface area contributed by atoms with Crippen molar-refractivity contribution >= 4 is 27.6 Å². The van der Waals surface area contributed by atoms with Crippen molar-refractivity contribution in [3.63, 3.8) is 0 Å². The molecule has 0 aromatic heterocycles. The lowest BCUT2D eigenvalue weighted by Gasteiger charge is -2.22. The van der Waals surface area contributed by atoms with Crippen LogP contribution >= 0.6 is 11.6 Å². The molecule has 2 N–H and O–H groups in total. The maximum absolute atomic E-state index is 13.5. The van der Waals surface area contributed by atoms with Crippen molar-refractivity contribution in [1.82, 2.24) is 0 Å². The molecular formula is C12H13ClFNO5S. The minimum Gasteiger partial charge on any atom is -0.459 e. The van der Waals surface area contributed by atoms with E-state index in [9.17, 15) is 17.6 Å². The highest BCUT2D eigenvalue weighted by Crippen LogP contribution is 2.25. The van der Waals surface area contributed by atoms with Crippen molar-refractivity contribution in [2.45, 2.75) is 23.8 Å². The summed E-state index contributed by atoms with van der Waals surface area (Å²) in [5.74, 6) is -1.94. The van der Waals surface area contributed by atoms with Crippen LogP contribution in [0.2, 0.25) is 5.02 Å². The summed E-state index contributed by atoms with van der Waals surface area (Å²) in [6.07, 6.45) is 0.726. The Labute approximate surface area is 126 Å². The minimum atomic E-state index is -4.30. The number of primary sulfonamides is 1. The van der Waals surface area contributed by atoms with E-state index in [0.29, 0.717) is 26.1 Å². The number of hydrogen-bond acceptors (Lipinski definition) is 5. The van der Waals surface area contributed by atoms with E-state index in [1.807, 2.05) is 0 Å². The summed E-state index contributed by atoms with van der Waals surface area (Å²) in [6, 6.07) is 1.51. The molecule has 2 rings (SSSR count). The van der Waals surface area contributed by atoms with Crippen molar-refractivity contribution in [2.75, 3.05) is 13.2 Å². The van der Waals surface area contributed by atoms with Gasteiger partial charge in [0, 0.05) is 12.8 Å². The van der Waals surface area contributed by atoms with E-state index < -0.39 is 26.7 Å². The highest BCUT2D eigenvalue weighted by atomic mass is 35.5. The first-order valence-corrected chi connectivity index (χ1v) is 8.02. The molecule has 1 saturated heterocycles. The van der Waals surface area contributed by atoms with Gasteiger partial charge in [-0.25, -0.2) is 22.7 Å². The van der Waals surface area contributed by atoms with Crippen LogP contribution < -0.4 is 5.14 Å². The molecule has 6 nitrogen and oxygen atoms in total. The Bertz CT molecular complexity index is 658. The smallest absolute Gasteiger partial charge is 0.339 e. The maximum atomic E-state index is 13.5. The summed E-state index contributed by atoms with van der Waals surface area (Å²) in [5.41, 5.74) is -0.242. The average molecular weight is 338 g/mol. The Morgan fingerprint density at radius 1 is 1.38 bits per heavy atom. The van der Waals surface area contributed by atoms with Gasteiger partial charge >= 0.3 is 5.97 Å². The predicted molar refractivity (Wildman–Crippen MR) is 72.0 cm³/mol. The van der Waals surface area contributed by atoms with Crippen LogP contribution in [0.15, 0.2) is 17.0 Å². The summed E-state index contributed by atoms with van der Waals surface area (Å²) in [4.78, 5) is 11.2. The van der Waals surface area contributed by atoms with E-state index >= 15 is 0 Å². The molecule has 0 saturated carbocycles. The van der Waals surface area contributed by atoms with Crippen LogP contribution in [-0.2, 0) is 19.5 Å². The van der Waals surface area contributed by atoms with Crippen LogP contribution in [0.1, 0.15) is 23.2 Å². The molecule has 1 aromatic carbocycles. The summed E-state index contributed by atoms with van der Waals surface area (Å²) in [5, 5.41) is 4.64. The second kappa shape index (κ2) is 6.27. The van der Waals surface area contributed by atoms with Gasteiger partial charge in [0.1, 0.15) is 16.8 Å². The van der Waals surface area contributed by atoms with Gasteiger partial charge in [-0.3, -0.25) is 0 Å². The normalized spacial score (nSPS) is 16.7. The lowest BCUT2D eigenvalue weighted by molar-refractivity contribution is -0.0159. The third kappa shape index (κ3) is 3.91. The highest BCUT2D eigenvalue weighted by Gasteiger charge is 2.24. The van der Waals surface area contributed by atoms with Crippen molar-refractivity contribution in [3.8, 4) is 0 Å². The van der Waals surface area contributed by atoms with Gasteiger partial charge in [0.15, 0.2) is 0 Å². The Balaban J connectivity index is 2.28. The van der Waals surface area contributed by atoms with Crippen LogP contribution in [0.25, 0.3) is 0 Å². The molecule has 0 unspecified atom stereocenters. The molecular weight excluding hydrogens is 325 g/mol. The van der Waals surface area contributed by atoms with Crippen LogP contribution in [0, 0.1) is 5.82 Å². The molecule has 1 aromatic rings. The number of benzene rings is 1. The van der Waals surface area contributed by atoms with Gasteiger partial charge in [0.05, 0.1) is 23.8 Å². The number of carbonyl (C=O) groups excluding carboxylic acids is 1. The molecule has 1 fully saturated rings. The summed E-state index contributed by atoms with van der Waals surface area (Å²) in [6.45, 7) is 0.940. The molecule has 0 bridgehead atoms. The Kier molecular flexibility index (Phi) is 4.82. The van der Waals surface area contributed by atoms with Gasteiger partial charge in [-0.05, 0) is 12.1 Å². The largest absolute Gasteiger partial charge is 0.459 e. The number of halogens is 2. The first kappa shape index (κ1) is 16.2. The molecule has 0 amide bonds. The number of sulfonamides is 1. The van der Waals surface area contributed by atoms with E-state index in [1.165, 1.54) is 0 Å². The molecule has 9 heteroatoms. The van der Waals surface area contributed by atoms with Crippen molar-refractivity contribution in [1.29, 1.82) is 0 Å². The van der Waals surface area contributed by atoms with Crippen LogP contribution in [0.4, 0.5) is 4.39 Å². The summed E-state index contributed by atoms with van der Waals surface area (Å²) < 4.78 is 46.4. The third-order valence-electron chi connectivity index (χ3n) is 2.99. The number of esters is 1. The molecule has 1 aliphatic heterocycles. The first-order valence-electron chi connectivity index (χ1n) is 6.09. The van der Waals surface area contributed by atoms with E-state index in [4.69, 9.17) is 26.2 Å². The molecule has 0 radical (unpaired) electrons. The zero-order valence-corrected chi connectivity index (χ0v) is 12.4. The summed E-state index contributed by atoms with van der Waals surface area (Å²) in [7, 11) is -4.30. The standard InChI is InChI=1S/C12H13ClFNO5S/c13-9-6-10(14)11(21(15,17)18)5-8(9)12(16)20-7-1-3-19-4-2-7/h5-7H,1-4H2,(H2,15,17,18). The monoisotopic (exact) mass is 337 g/mol. The molecule has 116 valence electrons. The lowest BCUT2D eigenvalue weighted by atomic mass is 10.1. The molecule has 1 heterocycles. The fourth-order valence-electron chi connectivity index (χ4n) is 1.91. The van der Waals surface area contributed by atoms with E-state index in [2.05, 4.69) is 0 Å². The fourth-order valence-corrected chi connectivity index (χ4v) is 2.75. The van der Waals surface area contributed by atoms with E-state index in [-0.39, 0.29) is 16.7 Å². The zero-order valence-electron chi connectivity index (χ0n) is 10.8. The fraction of sp³-hybridized carbons (Fsp3) is 0.417. The first-order chi connectivity index (χ1) is 9.79. The Morgan fingerprint density at radius 3 is 2.57 bits per heavy atom. The van der Waals surface area contributed by atoms with Gasteiger partial charge in [-0.2, -0.15) is 0 Å². The molecule has 0 spiro atoms. The van der Waals surface area contributed by atoms with Gasteiger partial charge in [-0.15, -0.1) is 0 Å². The van der Waals surface area contributed by atoms with Gasteiger partial charge in [0.25, 0.3) is 0 Å². The van der Waals surface area contributed by atoms with Gasteiger partial charge < -0.3 is 9.47 Å². The van der Waals surface area contributed by atoms with Crippen molar-refractivity contribution in [2.24, 2.45) is 5.14 Å². The molecule has 0 aliphatic carbocycles. The number of ether oxygens (including phenoxy) is 2. The van der Waals surface area contributed by atoms with Crippen molar-refractivity contribution in [3.05, 3.63) is 28.5 Å². The molecule has 1 aliphatic rings. The minimum absolute atomic E-state index is 0.239. The van der Waals surface area contributed by atoms with Gasteiger partial charge in [-0.1, -0.05) is 11.6 Å². The number of nitrogens with two attached hydrogens (primary N) is 1. The maximum Gasteiger partial charge on any atom is 0.339 e. The van der Waals surface area contributed by atoms with E-state index in [0.717, 1.165) is 12.1 Å². The van der Waals surface area contributed by atoms with Crippen molar-refractivity contribution < 1.29 is 27.1 Å². The van der Waals surface area contributed by atoms with Gasteiger partial charge in [0.2, 0.25) is 10.0 Å². The van der Waals surface area contributed by atoms with E-state index in [1.54, 1.807) is 0 Å². The van der Waals surface area contributed by atoms with Crippen LogP contribution in [-0.4, -0.2) is 33.7 Å². The van der Waals surface area contributed by atoms with Crippen LogP contribution in [0.5, 0.6) is 0 Å². The molecule has 0 atom stereocenters. The summed E-state index contributed by atoms with van der Waals surface area (Å²) >= 11 is 5.76. The highest BCUT2D eigenvalue weighted by molar-refractivity contribution is 7.89. The number of rotatable bonds is 3. The zero-order chi connectivity index (χ0) is 15.6. The quantitative estimate of drug-likeness (QED) is 0.842.